The van der Waals surface area contributed by atoms with Crippen molar-refractivity contribution in [3.8, 4) is 0 Å². The van der Waals surface area contributed by atoms with Gasteiger partial charge in [0.25, 0.3) is 0 Å². The molecular weight excluding hydrogens is 600 g/mol. The number of carbonyl (C=O) groups is 1. The van der Waals surface area contributed by atoms with Crippen LogP contribution in [-0.2, 0) is 33.2 Å². The Kier molecular flexibility index (Phi) is 24.1. The molecule has 4 N–H and O–H groups in total. The van der Waals surface area contributed by atoms with Crippen LogP contribution in [0.25, 0.3) is 0 Å². The number of aliphatic hydroxyl groups is 4. The van der Waals surface area contributed by atoms with Crippen molar-refractivity contribution in [1.82, 2.24) is 9.80 Å². The molecule has 2 saturated heterocycles. The van der Waals surface area contributed by atoms with E-state index in [2.05, 4.69) is 11.8 Å². The van der Waals surface area contributed by atoms with Gasteiger partial charge in [0.05, 0.1) is 72.7 Å². The number of ether oxygens (including phenoxy) is 6. The van der Waals surface area contributed by atoms with E-state index in [1.165, 1.54) is 43.4 Å². The monoisotopic (exact) mass is 664 g/mol. The number of nitrogens with zero attached hydrogens (tertiary/aromatic N) is 2. The molecule has 0 aromatic rings. The minimum Gasteiger partial charge on any atom is -0.394 e. The number of hydrogen-bond donors (Lipinski definition) is 4. The zero-order valence-electron chi connectivity index (χ0n) is 28.3. The number of amides is 1. The summed E-state index contributed by atoms with van der Waals surface area (Å²) in [5.74, 6) is -0.231. The molecule has 46 heavy (non-hydrogen) atoms. The van der Waals surface area contributed by atoms with Gasteiger partial charge in [-0.1, -0.05) is 64.7 Å². The van der Waals surface area contributed by atoms with Gasteiger partial charge in [0.1, 0.15) is 24.4 Å². The quantitative estimate of drug-likeness (QED) is 0.176. The maximum absolute atomic E-state index is 13.7. The van der Waals surface area contributed by atoms with Gasteiger partial charge in [0.15, 0.2) is 6.23 Å². The molecule has 2 rings (SSSR count). The van der Waals surface area contributed by atoms with Crippen LogP contribution in [-0.4, -0.2) is 166 Å². The van der Waals surface area contributed by atoms with E-state index in [1.807, 2.05) is 0 Å². The average molecular weight is 665 g/mol. The van der Waals surface area contributed by atoms with E-state index in [1.54, 1.807) is 0 Å². The Hall–Kier alpha value is -0.970. The zero-order chi connectivity index (χ0) is 33.2. The van der Waals surface area contributed by atoms with Crippen LogP contribution in [0.5, 0.6) is 0 Å². The topological polar surface area (TPSA) is 160 Å². The second-order valence-electron chi connectivity index (χ2n) is 12.1. The highest BCUT2D eigenvalue weighted by Gasteiger charge is 2.46. The van der Waals surface area contributed by atoms with Crippen molar-refractivity contribution in [3.63, 3.8) is 0 Å². The number of rotatable bonds is 16. The lowest BCUT2D eigenvalue weighted by Gasteiger charge is -2.44. The third kappa shape index (κ3) is 17.4. The lowest BCUT2D eigenvalue weighted by atomic mass is 9.97. The molecule has 0 aromatic carbocycles. The summed E-state index contributed by atoms with van der Waals surface area (Å²) in [7, 11) is 0. The predicted octanol–water partition coefficient (Wildman–Crippen LogP) is 1.32. The van der Waals surface area contributed by atoms with Crippen LogP contribution in [0.4, 0.5) is 0 Å². The second-order valence-corrected chi connectivity index (χ2v) is 12.1. The molecule has 2 heterocycles. The molecule has 0 spiro atoms. The van der Waals surface area contributed by atoms with Gasteiger partial charge in [0, 0.05) is 32.6 Å². The Balaban J connectivity index is 1.93. The molecule has 2 aliphatic rings. The van der Waals surface area contributed by atoms with Crippen molar-refractivity contribution in [2.75, 3.05) is 98.9 Å². The van der Waals surface area contributed by atoms with E-state index in [0.717, 1.165) is 25.7 Å². The smallest absolute Gasteiger partial charge is 0.225 e. The van der Waals surface area contributed by atoms with E-state index in [-0.39, 0.29) is 12.3 Å². The summed E-state index contributed by atoms with van der Waals surface area (Å²) in [6.07, 6.45) is 4.80. The summed E-state index contributed by atoms with van der Waals surface area (Å²) in [5, 5.41) is 41.3. The highest BCUT2D eigenvalue weighted by molar-refractivity contribution is 5.76. The first-order chi connectivity index (χ1) is 22.5. The Morgan fingerprint density at radius 3 is 1.59 bits per heavy atom. The van der Waals surface area contributed by atoms with Gasteiger partial charge in [-0.3, -0.25) is 9.69 Å². The van der Waals surface area contributed by atoms with Gasteiger partial charge in [0.2, 0.25) is 5.91 Å². The first-order valence-corrected chi connectivity index (χ1v) is 17.7. The Morgan fingerprint density at radius 1 is 0.652 bits per heavy atom. The maximum Gasteiger partial charge on any atom is 0.225 e. The Labute approximate surface area is 276 Å². The first-order valence-electron chi connectivity index (χ1n) is 17.7. The van der Waals surface area contributed by atoms with Crippen molar-refractivity contribution in [3.05, 3.63) is 0 Å². The standard InChI is InChI=1S/C33H64N2O11/c1-2-3-4-5-6-7-8-9-10-11-13-35(33-32(40)31(39)30(38)28(27-36)46-33)29(37)12-14-34-15-17-41-19-21-43-23-25-45-26-24-44-22-20-42-18-16-34/h28,30-33,36,38-40H,2-27H2,1H3/t28-,30-,31+,32-,33-/m1/s1. The van der Waals surface area contributed by atoms with E-state index in [0.29, 0.717) is 92.2 Å². The summed E-state index contributed by atoms with van der Waals surface area (Å²) in [5.41, 5.74) is 0. The third-order valence-electron chi connectivity index (χ3n) is 8.48. The average Bonchev–Trinajstić information content (AvgIpc) is 3.06. The minimum atomic E-state index is -1.54. The summed E-state index contributed by atoms with van der Waals surface area (Å²) in [6.45, 7) is 8.39. The van der Waals surface area contributed by atoms with E-state index >= 15 is 0 Å². The van der Waals surface area contributed by atoms with Crippen LogP contribution in [0.3, 0.4) is 0 Å². The molecule has 5 atom stereocenters. The molecule has 1 amide bonds. The van der Waals surface area contributed by atoms with Gasteiger partial charge in [-0.15, -0.1) is 0 Å². The zero-order valence-corrected chi connectivity index (χ0v) is 28.3. The van der Waals surface area contributed by atoms with Gasteiger partial charge >= 0.3 is 0 Å². The van der Waals surface area contributed by atoms with Crippen LogP contribution in [0.2, 0.25) is 0 Å². The van der Waals surface area contributed by atoms with Crippen molar-refractivity contribution in [2.45, 2.75) is 108 Å². The molecule has 13 nitrogen and oxygen atoms in total. The van der Waals surface area contributed by atoms with Crippen LogP contribution >= 0.6 is 0 Å². The van der Waals surface area contributed by atoms with E-state index in [4.69, 9.17) is 28.4 Å². The van der Waals surface area contributed by atoms with Crippen molar-refractivity contribution >= 4 is 5.91 Å². The molecule has 13 heteroatoms. The molecule has 0 bridgehead atoms. The van der Waals surface area contributed by atoms with Crippen LogP contribution in [0.15, 0.2) is 0 Å². The van der Waals surface area contributed by atoms with Crippen LogP contribution < -0.4 is 0 Å². The van der Waals surface area contributed by atoms with Crippen LogP contribution in [0.1, 0.15) is 77.6 Å². The molecular formula is C33H64N2O11. The third-order valence-corrected chi connectivity index (χ3v) is 8.48. The highest BCUT2D eigenvalue weighted by Crippen LogP contribution is 2.25. The number of unbranched alkanes of at least 4 members (excludes halogenated alkanes) is 9. The normalized spacial score (nSPS) is 27.1. The first kappa shape index (κ1) is 41.2. The van der Waals surface area contributed by atoms with Gasteiger partial charge in [-0.05, 0) is 6.42 Å². The number of aliphatic hydroxyl groups excluding tert-OH is 4. The molecule has 0 radical (unpaired) electrons. The molecule has 2 fully saturated rings. The van der Waals surface area contributed by atoms with Gasteiger partial charge < -0.3 is 53.7 Å². The summed E-state index contributed by atoms with van der Waals surface area (Å²) < 4.78 is 33.8. The fourth-order valence-electron chi connectivity index (χ4n) is 5.60. The summed E-state index contributed by atoms with van der Waals surface area (Å²) in [6, 6.07) is 0. The number of carbonyl (C=O) groups excluding carboxylic acids is 1. The minimum absolute atomic E-state index is 0.152. The fourth-order valence-corrected chi connectivity index (χ4v) is 5.60. The fraction of sp³-hybridized carbons (Fsp3) is 0.970. The second kappa shape index (κ2) is 26.9. The SMILES string of the molecule is CCCCCCCCCCCCN(C(=O)CCN1CCOCCOCCOCCOCCOCC1)[C@@H]1O[C@H](CO)[C@@H](O)[C@H](O)[C@H]1O. The molecule has 0 aromatic heterocycles. The summed E-state index contributed by atoms with van der Waals surface area (Å²) >= 11 is 0. The lowest BCUT2D eigenvalue weighted by molar-refractivity contribution is -0.262. The molecule has 0 saturated carbocycles. The van der Waals surface area contributed by atoms with E-state index in [9.17, 15) is 25.2 Å². The maximum atomic E-state index is 13.7. The van der Waals surface area contributed by atoms with Crippen molar-refractivity contribution in [1.29, 1.82) is 0 Å². The van der Waals surface area contributed by atoms with Gasteiger partial charge in [-0.2, -0.15) is 0 Å². The molecule has 0 unspecified atom stereocenters. The number of hydrogen-bond acceptors (Lipinski definition) is 12. The van der Waals surface area contributed by atoms with E-state index < -0.39 is 37.3 Å². The van der Waals surface area contributed by atoms with Crippen LogP contribution in [0, 0.1) is 0 Å². The largest absolute Gasteiger partial charge is 0.394 e. The Morgan fingerprint density at radius 2 is 1.11 bits per heavy atom. The highest BCUT2D eigenvalue weighted by atomic mass is 16.6. The molecule has 0 aliphatic carbocycles. The van der Waals surface area contributed by atoms with Crippen molar-refractivity contribution < 1.29 is 53.6 Å². The predicted molar refractivity (Wildman–Crippen MR) is 172 cm³/mol. The lowest BCUT2D eigenvalue weighted by Crippen LogP contribution is -2.64. The Bertz CT molecular complexity index is 718. The summed E-state index contributed by atoms with van der Waals surface area (Å²) in [4.78, 5) is 17.3. The molecule has 272 valence electrons. The van der Waals surface area contributed by atoms with Gasteiger partial charge in [-0.25, -0.2) is 0 Å². The van der Waals surface area contributed by atoms with Crippen molar-refractivity contribution in [2.24, 2.45) is 0 Å². The molecule has 2 aliphatic heterocycles.